The van der Waals surface area contributed by atoms with Gasteiger partial charge in [-0.15, -0.1) is 0 Å². The minimum Gasteiger partial charge on any atom is -0.376 e. The summed E-state index contributed by atoms with van der Waals surface area (Å²) in [5.74, 6) is -0.397. The second-order valence-corrected chi connectivity index (χ2v) is 8.65. The van der Waals surface area contributed by atoms with Crippen LogP contribution in [0.5, 0.6) is 0 Å². The molecule has 1 N–H and O–H groups in total. The molecule has 4 rings (SSSR count). The Morgan fingerprint density at radius 3 is 2.58 bits per heavy atom. The molecule has 2 aliphatic rings. The first-order valence-corrected chi connectivity index (χ1v) is 11.3. The standard InChI is InChI=1S/C22H30N6O5/c1-14-11-24-20-18(19(14)27-8-6-26(7-9-27)15(2)29)21(31)28(22(32)25(20)3)13-17(30)23-12-16-5-4-10-33-16/h11,16H,4-10,12-13H2,1-3H3,(H,23,30)/t16-/m0/s1. The lowest BCUT2D eigenvalue weighted by atomic mass is 10.1. The summed E-state index contributed by atoms with van der Waals surface area (Å²) in [7, 11) is 1.55. The number of rotatable bonds is 5. The van der Waals surface area contributed by atoms with E-state index in [1.54, 1.807) is 25.1 Å². The third-order valence-electron chi connectivity index (χ3n) is 6.40. The van der Waals surface area contributed by atoms with E-state index in [4.69, 9.17) is 4.74 Å². The summed E-state index contributed by atoms with van der Waals surface area (Å²) < 4.78 is 7.78. The average Bonchev–Trinajstić information content (AvgIpc) is 3.32. The van der Waals surface area contributed by atoms with Crippen molar-refractivity contribution in [2.24, 2.45) is 7.05 Å². The van der Waals surface area contributed by atoms with Gasteiger partial charge in [0, 0.05) is 59.5 Å². The second kappa shape index (κ2) is 9.34. The van der Waals surface area contributed by atoms with Crippen LogP contribution in [-0.2, 0) is 27.9 Å². The maximum atomic E-state index is 13.5. The number of anilines is 1. The van der Waals surface area contributed by atoms with Gasteiger partial charge in [0.1, 0.15) is 11.9 Å². The second-order valence-electron chi connectivity index (χ2n) is 8.65. The van der Waals surface area contributed by atoms with E-state index in [0.29, 0.717) is 50.4 Å². The molecule has 33 heavy (non-hydrogen) atoms. The Morgan fingerprint density at radius 2 is 1.94 bits per heavy atom. The van der Waals surface area contributed by atoms with Crippen molar-refractivity contribution >= 4 is 28.5 Å². The highest BCUT2D eigenvalue weighted by molar-refractivity contribution is 5.91. The molecule has 11 nitrogen and oxygen atoms in total. The zero-order chi connectivity index (χ0) is 23.7. The van der Waals surface area contributed by atoms with Gasteiger partial charge in [-0.2, -0.15) is 0 Å². The van der Waals surface area contributed by atoms with Crippen molar-refractivity contribution < 1.29 is 14.3 Å². The minimum atomic E-state index is -0.594. The SMILES string of the molecule is CC(=O)N1CCN(c2c(C)cnc3c2c(=O)n(CC(=O)NC[C@@H]2CCCO2)c(=O)n3C)CC1. The van der Waals surface area contributed by atoms with Crippen molar-refractivity contribution in [3.63, 3.8) is 0 Å². The highest BCUT2D eigenvalue weighted by Gasteiger charge is 2.25. The number of aromatic nitrogens is 3. The van der Waals surface area contributed by atoms with Crippen LogP contribution in [-0.4, -0.2) is 76.3 Å². The molecule has 0 bridgehead atoms. The lowest BCUT2D eigenvalue weighted by molar-refractivity contribution is -0.129. The molecule has 4 heterocycles. The van der Waals surface area contributed by atoms with Crippen LogP contribution in [0.25, 0.3) is 11.0 Å². The maximum Gasteiger partial charge on any atom is 0.332 e. The van der Waals surface area contributed by atoms with Crippen molar-refractivity contribution in [2.45, 2.75) is 39.3 Å². The fraction of sp³-hybridized carbons (Fsp3) is 0.591. The van der Waals surface area contributed by atoms with Crippen molar-refractivity contribution in [1.82, 2.24) is 24.3 Å². The quantitative estimate of drug-likeness (QED) is 0.634. The third kappa shape index (κ3) is 4.50. The fourth-order valence-corrected chi connectivity index (χ4v) is 4.56. The predicted molar refractivity (Wildman–Crippen MR) is 122 cm³/mol. The smallest absolute Gasteiger partial charge is 0.332 e. The number of pyridine rings is 1. The monoisotopic (exact) mass is 458 g/mol. The van der Waals surface area contributed by atoms with Crippen molar-refractivity contribution in [2.75, 3.05) is 44.2 Å². The van der Waals surface area contributed by atoms with Crippen LogP contribution in [0.2, 0.25) is 0 Å². The minimum absolute atomic E-state index is 0.0183. The molecule has 2 aromatic rings. The first-order valence-electron chi connectivity index (χ1n) is 11.3. The Balaban J connectivity index is 1.68. The molecule has 2 saturated heterocycles. The molecule has 2 aliphatic heterocycles. The number of aryl methyl sites for hydroxylation is 2. The maximum absolute atomic E-state index is 13.5. The number of hydrogen-bond donors (Lipinski definition) is 1. The first-order chi connectivity index (χ1) is 15.8. The molecular weight excluding hydrogens is 428 g/mol. The highest BCUT2D eigenvalue weighted by Crippen LogP contribution is 2.27. The van der Waals surface area contributed by atoms with E-state index in [1.165, 1.54) is 4.57 Å². The van der Waals surface area contributed by atoms with Crippen molar-refractivity contribution in [3.8, 4) is 0 Å². The molecule has 0 aliphatic carbocycles. The average molecular weight is 459 g/mol. The number of carbonyl (C=O) groups excluding carboxylic acids is 2. The van der Waals surface area contributed by atoms with Crippen LogP contribution in [0.1, 0.15) is 25.3 Å². The third-order valence-corrected chi connectivity index (χ3v) is 6.40. The van der Waals surface area contributed by atoms with Crippen LogP contribution in [0, 0.1) is 6.92 Å². The van der Waals surface area contributed by atoms with E-state index in [-0.39, 0.29) is 24.2 Å². The molecule has 2 amide bonds. The molecule has 0 radical (unpaired) electrons. The van der Waals surface area contributed by atoms with Gasteiger partial charge in [-0.1, -0.05) is 0 Å². The Hall–Kier alpha value is -3.21. The predicted octanol–water partition coefficient (Wildman–Crippen LogP) is -0.633. The van der Waals surface area contributed by atoms with Gasteiger partial charge < -0.3 is 19.9 Å². The largest absolute Gasteiger partial charge is 0.376 e. The number of ether oxygens (including phenoxy) is 1. The number of amides is 2. The van der Waals surface area contributed by atoms with E-state index in [2.05, 4.69) is 10.3 Å². The number of piperazine rings is 1. The summed E-state index contributed by atoms with van der Waals surface area (Å²) in [5, 5.41) is 3.07. The van der Waals surface area contributed by atoms with Gasteiger partial charge in [0.05, 0.1) is 11.8 Å². The van der Waals surface area contributed by atoms with Crippen LogP contribution >= 0.6 is 0 Å². The number of nitrogens with one attached hydrogen (secondary N) is 1. The van der Waals surface area contributed by atoms with Crippen LogP contribution in [0.4, 0.5) is 5.69 Å². The van der Waals surface area contributed by atoms with Crippen LogP contribution in [0.3, 0.4) is 0 Å². The lowest BCUT2D eigenvalue weighted by Gasteiger charge is -2.36. The van der Waals surface area contributed by atoms with E-state index >= 15 is 0 Å². The molecule has 0 saturated carbocycles. The molecule has 178 valence electrons. The van der Waals surface area contributed by atoms with Crippen LogP contribution in [0.15, 0.2) is 15.8 Å². The van der Waals surface area contributed by atoms with Gasteiger partial charge in [0.25, 0.3) is 5.56 Å². The van der Waals surface area contributed by atoms with E-state index in [9.17, 15) is 19.2 Å². The summed E-state index contributed by atoms with van der Waals surface area (Å²) in [6.07, 6.45) is 3.45. The Labute approximate surface area is 190 Å². The number of carbonyl (C=O) groups is 2. The molecule has 1 atom stereocenters. The molecule has 0 spiro atoms. The number of hydrogen-bond acceptors (Lipinski definition) is 7. The zero-order valence-corrected chi connectivity index (χ0v) is 19.3. The topological polar surface area (TPSA) is 119 Å². The van der Waals surface area contributed by atoms with Gasteiger partial charge in [-0.3, -0.25) is 23.5 Å². The van der Waals surface area contributed by atoms with Gasteiger partial charge >= 0.3 is 5.69 Å². The van der Waals surface area contributed by atoms with Crippen LogP contribution < -0.4 is 21.5 Å². The van der Waals surface area contributed by atoms with Gasteiger partial charge in [0.15, 0.2) is 5.65 Å². The molecule has 2 fully saturated rings. The van der Waals surface area contributed by atoms with Crippen molar-refractivity contribution in [1.29, 1.82) is 0 Å². The Kier molecular flexibility index (Phi) is 6.50. The molecule has 2 aromatic heterocycles. The summed E-state index contributed by atoms with van der Waals surface area (Å²) >= 11 is 0. The van der Waals surface area contributed by atoms with E-state index in [1.807, 2.05) is 11.8 Å². The molecule has 0 aromatic carbocycles. The fourth-order valence-electron chi connectivity index (χ4n) is 4.56. The molecule has 11 heteroatoms. The van der Waals surface area contributed by atoms with Gasteiger partial charge in [-0.05, 0) is 25.3 Å². The van der Waals surface area contributed by atoms with Gasteiger partial charge in [0.2, 0.25) is 11.8 Å². The molecular formula is C22H30N6O5. The number of fused-ring (bicyclic) bond motifs is 1. The number of nitrogens with zero attached hydrogens (tertiary/aromatic N) is 5. The normalized spacial score (nSPS) is 18.7. The summed E-state index contributed by atoms with van der Waals surface area (Å²) in [5.41, 5.74) is 0.626. The van der Waals surface area contributed by atoms with Crippen molar-refractivity contribution in [3.05, 3.63) is 32.6 Å². The first kappa shape index (κ1) is 23.0. The van der Waals surface area contributed by atoms with Gasteiger partial charge in [-0.25, -0.2) is 9.78 Å². The van der Waals surface area contributed by atoms with E-state index in [0.717, 1.165) is 23.0 Å². The Bertz CT molecular complexity index is 1190. The Morgan fingerprint density at radius 1 is 1.21 bits per heavy atom. The zero-order valence-electron chi connectivity index (χ0n) is 19.3. The summed E-state index contributed by atoms with van der Waals surface area (Å²) in [6.45, 7) is 6.28. The summed E-state index contributed by atoms with van der Waals surface area (Å²) in [4.78, 5) is 58.8. The molecule has 0 unspecified atom stereocenters. The van der Waals surface area contributed by atoms with E-state index < -0.39 is 17.2 Å². The highest BCUT2D eigenvalue weighted by atomic mass is 16.5. The lowest BCUT2D eigenvalue weighted by Crippen LogP contribution is -2.49. The summed E-state index contributed by atoms with van der Waals surface area (Å²) in [6, 6.07) is 0.